The van der Waals surface area contributed by atoms with Crippen LogP contribution in [0.1, 0.15) is 0 Å². The van der Waals surface area contributed by atoms with Gasteiger partial charge in [-0.1, -0.05) is 0 Å². The quantitative estimate of drug-likeness (QED) is 0.715. The van der Waals surface area contributed by atoms with Gasteiger partial charge in [-0.2, -0.15) is 0 Å². The van der Waals surface area contributed by atoms with Crippen LogP contribution < -0.4 is 25.4 Å². The minimum Gasteiger partial charge on any atom is -0.497 e. The van der Waals surface area contributed by atoms with Crippen LogP contribution in [0.15, 0.2) is 30.6 Å². The molecular formula is C19H26N6O4. The number of benzene rings is 1. The number of hydrogen-bond donors (Lipinski definition) is 2. The van der Waals surface area contributed by atoms with Crippen LogP contribution >= 0.6 is 0 Å². The summed E-state index contributed by atoms with van der Waals surface area (Å²) in [7, 11) is 3.11. The van der Waals surface area contributed by atoms with Crippen LogP contribution in [0.2, 0.25) is 0 Å². The van der Waals surface area contributed by atoms with Gasteiger partial charge in [-0.15, -0.1) is 0 Å². The van der Waals surface area contributed by atoms with E-state index in [9.17, 15) is 4.79 Å². The first kappa shape index (κ1) is 20.6. The average Bonchev–Trinajstić information content (AvgIpc) is 2.74. The van der Waals surface area contributed by atoms with Crippen LogP contribution in [-0.4, -0.2) is 74.5 Å². The molecule has 1 aromatic heterocycles. The highest BCUT2D eigenvalue weighted by atomic mass is 16.5. The average molecular weight is 402 g/mol. The van der Waals surface area contributed by atoms with Gasteiger partial charge in [-0.05, 0) is 0 Å². The number of rotatable bonds is 7. The lowest BCUT2D eigenvalue weighted by molar-refractivity contribution is 0.0393. The van der Waals surface area contributed by atoms with E-state index in [1.165, 1.54) is 6.33 Å². The maximum absolute atomic E-state index is 13.1. The predicted molar refractivity (Wildman–Crippen MR) is 110 cm³/mol. The highest BCUT2D eigenvalue weighted by Crippen LogP contribution is 2.26. The van der Waals surface area contributed by atoms with E-state index in [1.807, 2.05) is 0 Å². The van der Waals surface area contributed by atoms with Crippen LogP contribution in [0.4, 0.5) is 22.1 Å². The van der Waals surface area contributed by atoms with Crippen LogP contribution in [-0.2, 0) is 4.74 Å². The fourth-order valence-electron chi connectivity index (χ4n) is 2.97. The minimum atomic E-state index is -0.341. The molecule has 0 unspecified atom stereocenters. The fourth-order valence-corrected chi connectivity index (χ4v) is 2.97. The Morgan fingerprint density at radius 2 is 1.86 bits per heavy atom. The molecule has 0 saturated carbocycles. The monoisotopic (exact) mass is 402 g/mol. The summed E-state index contributed by atoms with van der Waals surface area (Å²) in [4.78, 5) is 25.0. The molecule has 156 valence electrons. The van der Waals surface area contributed by atoms with Crippen molar-refractivity contribution in [3.8, 4) is 11.5 Å². The van der Waals surface area contributed by atoms with E-state index in [0.717, 1.165) is 13.1 Å². The van der Waals surface area contributed by atoms with Gasteiger partial charge in [0.1, 0.15) is 29.5 Å². The second-order valence-electron chi connectivity index (χ2n) is 6.44. The number of hydrogen-bond acceptors (Lipinski definition) is 8. The molecule has 0 aliphatic carbocycles. The summed E-state index contributed by atoms with van der Waals surface area (Å²) in [5, 5.41) is 2.88. The largest absolute Gasteiger partial charge is 0.497 e. The zero-order valence-electron chi connectivity index (χ0n) is 16.6. The van der Waals surface area contributed by atoms with Gasteiger partial charge in [0.15, 0.2) is 0 Å². The third-order valence-corrected chi connectivity index (χ3v) is 4.54. The molecule has 29 heavy (non-hydrogen) atoms. The number of carbonyl (C=O) groups is 1. The van der Waals surface area contributed by atoms with Gasteiger partial charge in [0, 0.05) is 56.1 Å². The van der Waals surface area contributed by atoms with E-state index in [1.54, 1.807) is 43.4 Å². The molecule has 2 heterocycles. The van der Waals surface area contributed by atoms with Crippen molar-refractivity contribution >= 4 is 23.4 Å². The number of ether oxygens (including phenoxy) is 3. The van der Waals surface area contributed by atoms with E-state index in [0.29, 0.717) is 55.1 Å². The molecule has 3 rings (SSSR count). The summed E-state index contributed by atoms with van der Waals surface area (Å²) in [5.74, 6) is 1.87. The molecule has 10 nitrogen and oxygen atoms in total. The molecule has 0 radical (unpaired) electrons. The molecule has 2 amide bonds. The summed E-state index contributed by atoms with van der Waals surface area (Å²) in [5.41, 5.74) is 6.34. The minimum absolute atomic E-state index is 0.294. The van der Waals surface area contributed by atoms with Crippen molar-refractivity contribution in [1.82, 2.24) is 14.9 Å². The molecule has 1 aromatic carbocycles. The van der Waals surface area contributed by atoms with Gasteiger partial charge in [-0.3, -0.25) is 9.80 Å². The standard InChI is InChI=1S/C19H26N6O4/c1-27-15-9-14(10-16(11-15)28-2)23-19(26)25(18-12-17(20)21-13-22-18)4-3-24-5-7-29-8-6-24/h9-13H,3-8H2,1-2H3,(H,23,26)(H2,20,21,22). The fraction of sp³-hybridized carbons (Fsp3) is 0.421. The molecule has 1 aliphatic heterocycles. The second-order valence-corrected chi connectivity index (χ2v) is 6.44. The molecule has 10 heteroatoms. The first-order valence-electron chi connectivity index (χ1n) is 9.28. The molecule has 1 fully saturated rings. The highest BCUT2D eigenvalue weighted by Gasteiger charge is 2.20. The number of nitrogen functional groups attached to an aromatic ring is 1. The number of methoxy groups -OCH3 is 2. The summed E-state index contributed by atoms with van der Waals surface area (Å²) in [6.45, 7) is 4.15. The van der Waals surface area contributed by atoms with Crippen molar-refractivity contribution in [3.05, 3.63) is 30.6 Å². The highest BCUT2D eigenvalue weighted by molar-refractivity contribution is 6.01. The predicted octanol–water partition coefficient (Wildman–Crippen LogP) is 1.45. The number of urea groups is 1. The molecule has 0 atom stereocenters. The van der Waals surface area contributed by atoms with Crippen LogP contribution in [0, 0.1) is 0 Å². The lowest BCUT2D eigenvalue weighted by Gasteiger charge is -2.29. The van der Waals surface area contributed by atoms with Crippen LogP contribution in [0.25, 0.3) is 0 Å². The van der Waals surface area contributed by atoms with Crippen molar-refractivity contribution < 1.29 is 19.0 Å². The van der Waals surface area contributed by atoms with E-state index in [4.69, 9.17) is 19.9 Å². The van der Waals surface area contributed by atoms with Crippen molar-refractivity contribution in [3.63, 3.8) is 0 Å². The van der Waals surface area contributed by atoms with Crippen LogP contribution in [0.3, 0.4) is 0 Å². The van der Waals surface area contributed by atoms with Crippen LogP contribution in [0.5, 0.6) is 11.5 Å². The number of aromatic nitrogens is 2. The van der Waals surface area contributed by atoms with Crippen molar-refractivity contribution in [2.24, 2.45) is 0 Å². The normalized spacial score (nSPS) is 14.3. The Bertz CT molecular complexity index is 806. The third-order valence-electron chi connectivity index (χ3n) is 4.54. The second kappa shape index (κ2) is 9.89. The molecule has 1 saturated heterocycles. The van der Waals surface area contributed by atoms with Crippen molar-refractivity contribution in [2.75, 3.05) is 69.6 Å². The first-order chi connectivity index (χ1) is 14.1. The Morgan fingerprint density at radius 3 is 2.48 bits per heavy atom. The Hall–Kier alpha value is -3.11. The van der Waals surface area contributed by atoms with Gasteiger partial charge in [-0.25, -0.2) is 14.8 Å². The van der Waals surface area contributed by atoms with E-state index in [-0.39, 0.29) is 6.03 Å². The Morgan fingerprint density at radius 1 is 1.17 bits per heavy atom. The SMILES string of the molecule is COc1cc(NC(=O)N(CCN2CCOCC2)c2cc(N)ncn2)cc(OC)c1. The third kappa shape index (κ3) is 5.69. The number of carbonyl (C=O) groups excluding carboxylic acids is 1. The zero-order valence-corrected chi connectivity index (χ0v) is 16.6. The summed E-state index contributed by atoms with van der Waals surface area (Å²) in [6, 6.07) is 6.40. The summed E-state index contributed by atoms with van der Waals surface area (Å²) in [6.07, 6.45) is 1.34. The molecule has 0 bridgehead atoms. The van der Waals surface area contributed by atoms with E-state index in [2.05, 4.69) is 20.2 Å². The summed E-state index contributed by atoms with van der Waals surface area (Å²) < 4.78 is 15.9. The molecule has 2 aromatic rings. The number of nitrogens with zero attached hydrogens (tertiary/aromatic N) is 4. The molecule has 3 N–H and O–H groups in total. The summed E-state index contributed by atoms with van der Waals surface area (Å²) >= 11 is 0. The number of nitrogens with two attached hydrogens (primary N) is 1. The molecule has 1 aliphatic rings. The maximum Gasteiger partial charge on any atom is 0.327 e. The lowest BCUT2D eigenvalue weighted by atomic mass is 10.2. The van der Waals surface area contributed by atoms with Gasteiger partial charge in [0.2, 0.25) is 0 Å². The van der Waals surface area contributed by atoms with E-state index >= 15 is 0 Å². The number of amides is 2. The first-order valence-corrected chi connectivity index (χ1v) is 9.28. The number of morpholine rings is 1. The lowest BCUT2D eigenvalue weighted by Crippen LogP contribution is -2.44. The van der Waals surface area contributed by atoms with Crippen molar-refractivity contribution in [1.29, 1.82) is 0 Å². The van der Waals surface area contributed by atoms with Gasteiger partial charge < -0.3 is 25.3 Å². The number of anilines is 3. The Kier molecular flexibility index (Phi) is 7.04. The Labute approximate surface area is 169 Å². The number of nitrogens with one attached hydrogen (secondary N) is 1. The van der Waals surface area contributed by atoms with Crippen molar-refractivity contribution in [2.45, 2.75) is 0 Å². The molecule has 0 spiro atoms. The topological polar surface area (TPSA) is 115 Å². The van der Waals surface area contributed by atoms with Gasteiger partial charge in [0.25, 0.3) is 0 Å². The zero-order chi connectivity index (χ0) is 20.6. The van der Waals surface area contributed by atoms with Gasteiger partial charge >= 0.3 is 6.03 Å². The van der Waals surface area contributed by atoms with Gasteiger partial charge in [0.05, 0.1) is 27.4 Å². The molecular weight excluding hydrogens is 376 g/mol. The maximum atomic E-state index is 13.1. The smallest absolute Gasteiger partial charge is 0.327 e. The Balaban J connectivity index is 1.78. The van der Waals surface area contributed by atoms with E-state index < -0.39 is 0 Å².